The quantitative estimate of drug-likeness (QED) is 0.0495. The summed E-state index contributed by atoms with van der Waals surface area (Å²) in [6, 6.07) is 175. The molecule has 0 fully saturated rings. The molecule has 0 nitrogen and oxygen atoms in total. The molecule has 144 heavy (non-hydrogen) atoms. The van der Waals surface area contributed by atoms with Crippen LogP contribution in [0.4, 0.5) is 0 Å². The molecule has 20 aromatic carbocycles. The molecule has 24 rings (SSSR count). The Hall–Kier alpha value is -12.2. The first-order valence-electron chi connectivity index (χ1n) is 48.0. The van der Waals surface area contributed by atoms with Crippen LogP contribution in [0.2, 0.25) is 0 Å². The Kier molecular flexibility index (Phi) is 34.9. The molecule has 0 saturated heterocycles. The normalized spacial score (nSPS) is 12.7. The van der Waals surface area contributed by atoms with Gasteiger partial charge < -0.3 is 25.7 Å². The summed E-state index contributed by atoms with van der Waals surface area (Å²) in [5.74, 6) is 10.0. The minimum Gasteiger partial charge on any atom is -0.366 e. The molecule has 0 atom stereocenters. The van der Waals surface area contributed by atoms with Gasteiger partial charge in [0.2, 0.25) is 0 Å². The number of rotatable bonds is 12. The summed E-state index contributed by atoms with van der Waals surface area (Å²) >= 11 is 0. The van der Waals surface area contributed by atoms with Crippen molar-refractivity contribution in [2.24, 2.45) is 0 Å². The van der Waals surface area contributed by atoms with Crippen LogP contribution in [0.1, 0.15) is 122 Å². The van der Waals surface area contributed by atoms with Crippen LogP contribution in [0.3, 0.4) is 0 Å². The standard InChI is InChI=1S/2C34H26P2.4C17H13.4Au/c2*1-5-17-29(18-6-1)35(30-19-7-2-8-20-30)33-25-27-15-13-14-16-28(27)26-34(33)36(31-21-9-3-10-22-31)32-23-11-4-12-24-32;2*1-4-12-8-7-11-15-16(12)13-9-5-6-10-14(13)17(15,2)3;1-4-12-9-10-16-14(11-12)13-7-5-6-8-15(13)17(16,2)3;1-4-12-9-10-14-13-7-5-6-8-15(13)17(2,3)16(14)11-12;;;;/h2*1-26H;4*5-11H,2-3H3;;;;/q;;4*-1;4*+1/p+4. The van der Waals surface area contributed by atoms with Crippen molar-refractivity contribution < 1.29 is 89.5 Å². The Bertz CT molecular complexity index is 7330. The predicted octanol–water partition coefficient (Wildman–Crippen LogP) is 27.4. The van der Waals surface area contributed by atoms with Gasteiger partial charge in [-0.1, -0.05) is 394 Å². The SMILES string of the molecule is [Au+].[Au+].[Au+].[Au+].[C-]#Cc1ccc2c(c1)-c1ccccc1C2(C)C.[C-]#Cc1ccc2c(c1)C(C)(C)c1ccccc1-2.[C-]#Cc1cccc2c1-c1ccccc1C2(C)C.[C-]#Cc1cccc2c1-c1ccccc1C2(C)C.c1ccc([PH+](c2ccccc2)c2cc3ccccc3cc2[PH+](c2ccccc2)c2ccccc2)cc1.c1ccc([PH+](c2ccccc2)c2cc3ccccc3cc2[PH+](c2ccccc2)c2ccccc2)cc1. The van der Waals surface area contributed by atoms with Gasteiger partial charge in [0.15, 0.2) is 0 Å². The molecule has 712 valence electrons. The monoisotopic (exact) mass is 2650 g/mol. The zero-order valence-corrected chi connectivity index (χ0v) is 94.1. The van der Waals surface area contributed by atoms with E-state index in [1.54, 1.807) is 0 Å². The van der Waals surface area contributed by atoms with Crippen LogP contribution in [-0.2, 0) is 111 Å². The van der Waals surface area contributed by atoms with Gasteiger partial charge in [0.1, 0.15) is 95.3 Å². The van der Waals surface area contributed by atoms with Crippen molar-refractivity contribution in [3.63, 3.8) is 0 Å². The Morgan fingerprint density at radius 3 is 0.660 bits per heavy atom. The summed E-state index contributed by atoms with van der Waals surface area (Å²) in [6.45, 7) is 18.0. The van der Waals surface area contributed by atoms with Gasteiger partial charge in [-0.05, 0) is 221 Å². The van der Waals surface area contributed by atoms with Gasteiger partial charge in [0.25, 0.3) is 0 Å². The van der Waals surface area contributed by atoms with Crippen molar-refractivity contribution in [2.75, 3.05) is 0 Å². The Morgan fingerprint density at radius 2 is 0.375 bits per heavy atom. The van der Waals surface area contributed by atoms with Crippen LogP contribution in [0.5, 0.6) is 0 Å². The first-order valence-corrected chi connectivity index (χ1v) is 54.0. The summed E-state index contributed by atoms with van der Waals surface area (Å²) in [7, 11) is -4.92. The van der Waals surface area contributed by atoms with E-state index in [1.807, 2.05) is 36.4 Å². The van der Waals surface area contributed by atoms with Crippen molar-refractivity contribution in [2.45, 2.75) is 77.0 Å². The number of fused-ring (bicyclic) bond motifs is 14. The molecule has 4 aliphatic rings. The fourth-order valence-corrected chi connectivity index (χ4v) is 33.4. The summed E-state index contributed by atoms with van der Waals surface area (Å²) in [4.78, 5) is 0. The molecule has 0 saturated carbocycles. The molecule has 0 bridgehead atoms. The predicted molar refractivity (Wildman–Crippen MR) is 609 cm³/mol. The maximum atomic E-state index is 7.43. The molecular weight excluding hydrogens is 2550 g/mol. The van der Waals surface area contributed by atoms with Gasteiger partial charge in [-0.3, -0.25) is 23.7 Å². The van der Waals surface area contributed by atoms with Crippen molar-refractivity contribution in [1.29, 1.82) is 0 Å². The van der Waals surface area contributed by atoms with Crippen molar-refractivity contribution >= 4 is 117 Å². The fraction of sp³-hybridized carbons (Fsp3) is 0.0882. The molecule has 0 amide bonds. The summed E-state index contributed by atoms with van der Waals surface area (Å²) < 4.78 is 0. The van der Waals surface area contributed by atoms with Crippen LogP contribution in [0.25, 0.3) is 66.1 Å². The topological polar surface area (TPSA) is 0 Å². The van der Waals surface area contributed by atoms with E-state index in [1.165, 1.54) is 174 Å². The molecule has 20 aromatic rings. The van der Waals surface area contributed by atoms with Crippen LogP contribution in [-0.4, -0.2) is 0 Å². The molecule has 8 heteroatoms. The van der Waals surface area contributed by atoms with E-state index in [4.69, 9.17) is 25.7 Å². The Labute approximate surface area is 920 Å². The van der Waals surface area contributed by atoms with Crippen molar-refractivity contribution in [1.82, 2.24) is 0 Å². The molecule has 0 N–H and O–H groups in total. The van der Waals surface area contributed by atoms with Crippen molar-refractivity contribution in [3.05, 3.63) is 578 Å². The van der Waals surface area contributed by atoms with Gasteiger partial charge in [0, 0.05) is 21.7 Å². The molecule has 0 unspecified atom stereocenters. The fourth-order valence-electron chi connectivity index (χ4n) is 21.4. The van der Waals surface area contributed by atoms with Gasteiger partial charge in [0.05, 0.1) is 0 Å². The van der Waals surface area contributed by atoms with E-state index in [0.29, 0.717) is 0 Å². The third-order valence-electron chi connectivity index (χ3n) is 28.3. The van der Waals surface area contributed by atoms with E-state index in [9.17, 15) is 0 Å². The number of benzene rings is 20. The molecule has 0 spiro atoms. The molecule has 0 heterocycles. The third kappa shape index (κ3) is 21.6. The zero-order valence-electron chi connectivity index (χ0n) is 81.4. The number of hydrogen-bond acceptors (Lipinski definition) is 0. The molecule has 0 aromatic heterocycles. The van der Waals surface area contributed by atoms with Crippen LogP contribution >= 0.6 is 31.7 Å². The minimum atomic E-state index is -1.23. The van der Waals surface area contributed by atoms with Crippen LogP contribution in [0, 0.1) is 49.4 Å². The van der Waals surface area contributed by atoms with Crippen LogP contribution < -0.4 is 63.7 Å². The molecule has 0 aliphatic heterocycles. The molecule has 0 radical (unpaired) electrons. The van der Waals surface area contributed by atoms with Gasteiger partial charge >= 0.3 is 89.5 Å². The average Bonchev–Trinajstić information content (AvgIpc) is 1.63. The van der Waals surface area contributed by atoms with Crippen LogP contribution in [0.15, 0.2) is 485 Å². The number of hydrogen-bond donors (Lipinski definition) is 0. The maximum absolute atomic E-state index is 7.43. The largest absolute Gasteiger partial charge is 1.00 e. The zero-order chi connectivity index (χ0) is 96.5. The average molecular weight is 2650 g/mol. The first kappa shape index (κ1) is 106. The maximum Gasteiger partial charge on any atom is 1.00 e. The van der Waals surface area contributed by atoms with Gasteiger partial charge in [-0.25, -0.2) is 0 Å². The van der Waals surface area contributed by atoms with Gasteiger partial charge in [-0.15, -0.1) is 58.7 Å². The van der Waals surface area contributed by atoms with Crippen molar-refractivity contribution in [3.8, 4) is 68.2 Å². The second kappa shape index (κ2) is 47.3. The summed E-state index contributed by atoms with van der Waals surface area (Å²) in [5, 5.41) is 22.6. The Morgan fingerprint density at radius 1 is 0.167 bits per heavy atom. The molecule has 4 aliphatic carbocycles. The van der Waals surface area contributed by atoms with E-state index >= 15 is 0 Å². The summed E-state index contributed by atoms with van der Waals surface area (Å²) in [6.07, 6.45) is 29.4. The minimum absolute atomic E-state index is 0. The summed E-state index contributed by atoms with van der Waals surface area (Å²) in [5.41, 5.74) is 24.3. The van der Waals surface area contributed by atoms with E-state index in [0.717, 1.165) is 22.3 Å². The third-order valence-corrected chi connectivity index (χ3v) is 39.9. The van der Waals surface area contributed by atoms with E-state index in [2.05, 4.69) is 528 Å². The second-order valence-electron chi connectivity index (χ2n) is 38.1. The second-order valence-corrected chi connectivity index (χ2v) is 47.9. The molecular formula is C136H108Au4P4+4. The van der Waals surface area contributed by atoms with Gasteiger partial charge in [-0.2, -0.15) is 0 Å². The first-order chi connectivity index (χ1) is 68.4. The smallest absolute Gasteiger partial charge is 0.366 e. The van der Waals surface area contributed by atoms with E-state index in [-0.39, 0.29) is 111 Å². The Balaban J connectivity index is 0.000000134. The van der Waals surface area contributed by atoms with E-state index < -0.39 is 31.7 Å².